The van der Waals surface area contributed by atoms with Crippen molar-refractivity contribution < 1.29 is 0 Å². The zero-order valence-corrected chi connectivity index (χ0v) is 13.5. The van der Waals surface area contributed by atoms with E-state index in [1.165, 1.54) is 44.5 Å². The van der Waals surface area contributed by atoms with Crippen LogP contribution >= 0.6 is 0 Å². The molecule has 0 saturated heterocycles. The summed E-state index contributed by atoms with van der Waals surface area (Å²) >= 11 is 0. The predicted octanol–water partition coefficient (Wildman–Crippen LogP) is 4.91. The Kier molecular flexibility index (Phi) is 3.18. The SMILES string of the molecule is CC1=Cc2c(-c3c(C)cc(C)cc3C)cccc2C1[Si]. The Bertz CT molecular complexity index is 700. The molecule has 2 aromatic carbocycles. The number of hydrogen-bond donors (Lipinski definition) is 0. The molecule has 0 fully saturated rings. The van der Waals surface area contributed by atoms with E-state index in [1.807, 2.05) is 0 Å². The van der Waals surface area contributed by atoms with Gasteiger partial charge in [0.05, 0.1) is 0 Å². The average Bonchev–Trinajstić information content (AvgIpc) is 2.66. The van der Waals surface area contributed by atoms with Crippen molar-refractivity contribution >= 4 is 16.3 Å². The van der Waals surface area contributed by atoms with Gasteiger partial charge in [-0.2, -0.15) is 0 Å². The highest BCUT2D eigenvalue weighted by molar-refractivity contribution is 6.16. The number of allylic oxidation sites excluding steroid dienone is 1. The highest BCUT2D eigenvalue weighted by Gasteiger charge is 2.22. The minimum Gasteiger partial charge on any atom is -0.0688 e. The van der Waals surface area contributed by atoms with E-state index in [-0.39, 0.29) is 0 Å². The van der Waals surface area contributed by atoms with Crippen molar-refractivity contribution in [3.8, 4) is 11.1 Å². The van der Waals surface area contributed by atoms with Gasteiger partial charge in [0.2, 0.25) is 0 Å². The summed E-state index contributed by atoms with van der Waals surface area (Å²) in [6, 6.07) is 11.2. The van der Waals surface area contributed by atoms with Crippen LogP contribution in [0, 0.1) is 20.8 Å². The van der Waals surface area contributed by atoms with E-state index in [9.17, 15) is 0 Å². The Hall–Kier alpha value is -1.60. The largest absolute Gasteiger partial charge is 0.0688 e. The van der Waals surface area contributed by atoms with Crippen LogP contribution in [0.4, 0.5) is 0 Å². The molecule has 0 N–H and O–H groups in total. The molecule has 1 heteroatoms. The third-order valence-corrected chi connectivity index (χ3v) is 4.99. The second-order valence-electron chi connectivity index (χ2n) is 5.90. The van der Waals surface area contributed by atoms with E-state index in [1.54, 1.807) is 0 Å². The highest BCUT2D eigenvalue weighted by atomic mass is 28.1. The number of aryl methyl sites for hydroxylation is 3. The molecule has 1 unspecified atom stereocenters. The maximum atomic E-state index is 3.84. The van der Waals surface area contributed by atoms with Gasteiger partial charge in [0.1, 0.15) is 0 Å². The van der Waals surface area contributed by atoms with E-state index in [0.29, 0.717) is 5.54 Å². The molecule has 99 valence electrons. The number of hydrogen-bond acceptors (Lipinski definition) is 0. The standard InChI is InChI=1S/C19H19Si/c1-11-8-12(2)18(13(3)9-11)15-6-5-7-16-17(15)10-14(4)19(16)20/h5-10,19H,1-4H3. The fraction of sp³-hybridized carbons (Fsp3) is 0.263. The topological polar surface area (TPSA) is 0 Å². The number of rotatable bonds is 1. The van der Waals surface area contributed by atoms with E-state index in [0.717, 1.165) is 0 Å². The summed E-state index contributed by atoms with van der Waals surface area (Å²) in [6.07, 6.45) is 2.32. The first kappa shape index (κ1) is 13.4. The molecule has 0 aromatic heterocycles. The third kappa shape index (κ3) is 1.97. The van der Waals surface area contributed by atoms with Crippen molar-refractivity contribution in [2.45, 2.75) is 33.2 Å². The van der Waals surface area contributed by atoms with E-state index < -0.39 is 0 Å². The van der Waals surface area contributed by atoms with Gasteiger partial charge in [0.15, 0.2) is 0 Å². The molecule has 0 spiro atoms. The summed E-state index contributed by atoms with van der Waals surface area (Å²) in [7, 11) is 3.84. The molecule has 0 heterocycles. The van der Waals surface area contributed by atoms with E-state index in [4.69, 9.17) is 0 Å². The van der Waals surface area contributed by atoms with Crippen LogP contribution in [0.25, 0.3) is 17.2 Å². The smallest absolute Gasteiger partial charge is 0.0392 e. The summed E-state index contributed by atoms with van der Waals surface area (Å²) in [5.74, 6) is 0. The molecule has 0 amide bonds. The average molecular weight is 275 g/mol. The van der Waals surface area contributed by atoms with Gasteiger partial charge in [-0.05, 0) is 66.6 Å². The van der Waals surface area contributed by atoms with Crippen LogP contribution in [-0.4, -0.2) is 10.2 Å². The zero-order chi connectivity index (χ0) is 14.4. The van der Waals surface area contributed by atoms with Crippen molar-refractivity contribution in [1.82, 2.24) is 0 Å². The molecule has 1 aliphatic carbocycles. The summed E-state index contributed by atoms with van der Waals surface area (Å²) in [5, 5.41) is 0. The molecule has 3 rings (SSSR count). The van der Waals surface area contributed by atoms with Crippen molar-refractivity contribution in [1.29, 1.82) is 0 Å². The molecule has 2 aromatic rings. The van der Waals surface area contributed by atoms with Crippen molar-refractivity contribution in [3.63, 3.8) is 0 Å². The van der Waals surface area contributed by atoms with Gasteiger partial charge in [-0.3, -0.25) is 0 Å². The maximum Gasteiger partial charge on any atom is 0.0392 e. The molecule has 20 heavy (non-hydrogen) atoms. The van der Waals surface area contributed by atoms with E-state index in [2.05, 4.69) is 74.3 Å². The van der Waals surface area contributed by atoms with Crippen LogP contribution in [0.5, 0.6) is 0 Å². The van der Waals surface area contributed by atoms with Crippen LogP contribution in [0.15, 0.2) is 35.9 Å². The molecule has 0 saturated carbocycles. The van der Waals surface area contributed by atoms with E-state index >= 15 is 0 Å². The molecule has 3 radical (unpaired) electrons. The lowest BCUT2D eigenvalue weighted by molar-refractivity contribution is 1.14. The lowest BCUT2D eigenvalue weighted by Gasteiger charge is -2.16. The van der Waals surface area contributed by atoms with Gasteiger partial charge in [-0.1, -0.05) is 47.5 Å². The van der Waals surface area contributed by atoms with Crippen molar-refractivity contribution in [3.05, 3.63) is 63.7 Å². The zero-order valence-electron chi connectivity index (χ0n) is 12.5. The summed E-state index contributed by atoms with van der Waals surface area (Å²) < 4.78 is 0. The fourth-order valence-corrected chi connectivity index (χ4v) is 3.71. The normalized spacial score (nSPS) is 17.1. The van der Waals surface area contributed by atoms with Gasteiger partial charge in [-0.25, -0.2) is 0 Å². The van der Waals surface area contributed by atoms with Crippen LogP contribution < -0.4 is 0 Å². The van der Waals surface area contributed by atoms with Crippen LogP contribution in [0.1, 0.15) is 40.3 Å². The summed E-state index contributed by atoms with van der Waals surface area (Å²) in [4.78, 5) is 0. The maximum absolute atomic E-state index is 3.84. The monoisotopic (exact) mass is 275 g/mol. The van der Waals surface area contributed by atoms with Gasteiger partial charge in [0.25, 0.3) is 0 Å². The van der Waals surface area contributed by atoms with Crippen LogP contribution in [-0.2, 0) is 0 Å². The van der Waals surface area contributed by atoms with Crippen molar-refractivity contribution in [2.75, 3.05) is 0 Å². The summed E-state index contributed by atoms with van der Waals surface area (Å²) in [5.41, 5.74) is 11.3. The lowest BCUT2D eigenvalue weighted by Crippen LogP contribution is -1.97. The van der Waals surface area contributed by atoms with Gasteiger partial charge >= 0.3 is 0 Å². The van der Waals surface area contributed by atoms with Crippen LogP contribution in [0.3, 0.4) is 0 Å². The minimum absolute atomic E-state index is 0.357. The molecule has 1 aliphatic rings. The Balaban J connectivity index is 2.29. The number of fused-ring (bicyclic) bond motifs is 1. The van der Waals surface area contributed by atoms with Gasteiger partial charge < -0.3 is 0 Å². The first-order valence-electron chi connectivity index (χ1n) is 7.09. The van der Waals surface area contributed by atoms with Crippen molar-refractivity contribution in [2.24, 2.45) is 0 Å². The molecule has 0 aliphatic heterocycles. The Morgan fingerprint density at radius 2 is 1.60 bits per heavy atom. The lowest BCUT2D eigenvalue weighted by atomic mass is 9.90. The fourth-order valence-electron chi connectivity index (χ4n) is 3.38. The van der Waals surface area contributed by atoms with Crippen LogP contribution in [0.2, 0.25) is 0 Å². The first-order valence-corrected chi connectivity index (χ1v) is 7.67. The van der Waals surface area contributed by atoms with Gasteiger partial charge in [0, 0.05) is 10.2 Å². The molecule has 0 bridgehead atoms. The van der Waals surface area contributed by atoms with Gasteiger partial charge in [-0.15, -0.1) is 0 Å². The second-order valence-corrected chi connectivity index (χ2v) is 6.48. The molecule has 0 nitrogen and oxygen atoms in total. The number of benzene rings is 2. The second kappa shape index (κ2) is 4.74. The Morgan fingerprint density at radius 3 is 2.25 bits per heavy atom. The Labute approximate surface area is 125 Å². The third-order valence-electron chi connectivity index (χ3n) is 4.22. The first-order chi connectivity index (χ1) is 9.49. The Morgan fingerprint density at radius 1 is 0.950 bits per heavy atom. The predicted molar refractivity (Wildman–Crippen MR) is 88.2 cm³/mol. The molecular formula is C19H19Si. The quantitative estimate of drug-likeness (QED) is 0.649. The molecule has 1 atom stereocenters. The molecular weight excluding hydrogens is 256 g/mol. The minimum atomic E-state index is 0.357. The summed E-state index contributed by atoms with van der Waals surface area (Å²) in [6.45, 7) is 8.78. The highest BCUT2D eigenvalue weighted by Crippen LogP contribution is 2.41.